The molecule has 0 aromatic heterocycles. The van der Waals surface area contributed by atoms with Gasteiger partial charge in [0.15, 0.2) is 11.6 Å². The number of carbonyl (C=O) groups is 2. The third kappa shape index (κ3) is 3.51. The summed E-state index contributed by atoms with van der Waals surface area (Å²) in [6.07, 6.45) is 0. The Labute approximate surface area is 210 Å². The van der Waals surface area contributed by atoms with Gasteiger partial charge in [0.2, 0.25) is 0 Å². The topological polar surface area (TPSA) is 43.4 Å². The van der Waals surface area contributed by atoms with E-state index in [2.05, 4.69) is 36.4 Å². The second kappa shape index (κ2) is 8.91. The van der Waals surface area contributed by atoms with Gasteiger partial charge in [-0.25, -0.2) is 0 Å². The summed E-state index contributed by atoms with van der Waals surface area (Å²) in [4.78, 5) is 26.5. The van der Waals surface area contributed by atoms with E-state index < -0.39 is 8.32 Å². The summed E-state index contributed by atoms with van der Waals surface area (Å²) in [5.74, 6) is 0.277. The lowest BCUT2D eigenvalue weighted by Crippen LogP contribution is -2.71. The summed E-state index contributed by atoms with van der Waals surface area (Å²) >= 11 is 0. The molecule has 1 aliphatic carbocycles. The third-order valence-electron chi connectivity index (χ3n) is 6.71. The Morgan fingerprint density at radius 2 is 0.806 bits per heavy atom. The molecule has 0 amide bonds. The van der Waals surface area contributed by atoms with Crippen molar-refractivity contribution in [3.63, 3.8) is 0 Å². The molecule has 0 N–H and O–H groups in total. The minimum absolute atomic E-state index is 0.135. The third-order valence-corrected chi connectivity index (χ3v) is 10.7. The van der Waals surface area contributed by atoms with E-state index in [9.17, 15) is 9.59 Å². The molecule has 0 unspecified atom stereocenters. The Morgan fingerprint density at radius 1 is 0.417 bits per heavy atom. The summed E-state index contributed by atoms with van der Waals surface area (Å²) < 4.78 is 7.07. The van der Waals surface area contributed by atoms with Crippen molar-refractivity contribution >= 4 is 35.4 Å². The summed E-state index contributed by atoms with van der Waals surface area (Å²) in [7, 11) is -3.02. The van der Waals surface area contributed by atoms with Crippen LogP contribution in [0.15, 0.2) is 133 Å². The molecule has 0 heterocycles. The highest BCUT2D eigenvalue weighted by Crippen LogP contribution is 2.30. The van der Waals surface area contributed by atoms with Crippen LogP contribution in [0, 0.1) is 0 Å². The first-order chi connectivity index (χ1) is 17.7. The van der Waals surface area contributed by atoms with E-state index >= 15 is 0 Å². The lowest BCUT2D eigenvalue weighted by Gasteiger charge is -2.34. The monoisotopic (exact) mass is 482 g/mol. The number of hydrogen-bond acceptors (Lipinski definition) is 3. The molecule has 6 rings (SSSR count). The molecule has 0 bridgehead atoms. The van der Waals surface area contributed by atoms with Crippen LogP contribution in [0.3, 0.4) is 0 Å². The first-order valence-corrected chi connectivity index (χ1v) is 13.8. The van der Waals surface area contributed by atoms with Gasteiger partial charge in [-0.2, -0.15) is 0 Å². The second-order valence-electron chi connectivity index (χ2n) is 8.79. The van der Waals surface area contributed by atoms with Crippen LogP contribution in [-0.2, 0) is 0 Å². The van der Waals surface area contributed by atoms with Gasteiger partial charge in [0.1, 0.15) is 5.75 Å². The zero-order valence-corrected chi connectivity index (χ0v) is 20.4. The molecule has 172 valence electrons. The van der Waals surface area contributed by atoms with Crippen molar-refractivity contribution in [3.8, 4) is 5.75 Å². The fourth-order valence-corrected chi connectivity index (χ4v) is 8.83. The highest BCUT2D eigenvalue weighted by molar-refractivity contribution is 7.07. The van der Waals surface area contributed by atoms with Gasteiger partial charge in [-0.05, 0) is 33.8 Å². The van der Waals surface area contributed by atoms with E-state index in [-0.39, 0.29) is 11.6 Å². The highest BCUT2D eigenvalue weighted by atomic mass is 28.4. The molecule has 0 aliphatic heterocycles. The predicted octanol–water partition coefficient (Wildman–Crippen LogP) is 4.51. The fourth-order valence-electron chi connectivity index (χ4n) is 5.01. The molecule has 0 saturated carbocycles. The molecule has 0 saturated heterocycles. The van der Waals surface area contributed by atoms with Crippen LogP contribution in [0.1, 0.15) is 31.8 Å². The quantitative estimate of drug-likeness (QED) is 0.268. The molecule has 5 aromatic carbocycles. The molecule has 3 nitrogen and oxygen atoms in total. The van der Waals surface area contributed by atoms with Gasteiger partial charge in [-0.3, -0.25) is 9.59 Å². The minimum atomic E-state index is -3.02. The van der Waals surface area contributed by atoms with Crippen LogP contribution >= 0.6 is 0 Å². The molecule has 5 aromatic rings. The van der Waals surface area contributed by atoms with E-state index in [0.717, 1.165) is 15.6 Å². The first-order valence-electron chi connectivity index (χ1n) is 11.9. The van der Waals surface area contributed by atoms with Gasteiger partial charge >= 0.3 is 8.32 Å². The average Bonchev–Trinajstić information content (AvgIpc) is 2.96. The Hall–Kier alpha value is -4.54. The molecule has 4 heteroatoms. The van der Waals surface area contributed by atoms with Crippen LogP contribution in [-0.4, -0.2) is 19.9 Å². The van der Waals surface area contributed by atoms with Gasteiger partial charge in [0.05, 0.1) is 0 Å². The van der Waals surface area contributed by atoms with Gasteiger partial charge in [0, 0.05) is 22.3 Å². The maximum absolute atomic E-state index is 13.4. The van der Waals surface area contributed by atoms with Crippen LogP contribution < -0.4 is 20.0 Å². The molecule has 0 spiro atoms. The Morgan fingerprint density at radius 3 is 1.28 bits per heavy atom. The lowest BCUT2D eigenvalue weighted by molar-refractivity contribution is 0.0979. The van der Waals surface area contributed by atoms with Crippen molar-refractivity contribution < 1.29 is 14.0 Å². The zero-order valence-electron chi connectivity index (χ0n) is 19.4. The largest absolute Gasteiger partial charge is 0.530 e. The Bertz CT molecular complexity index is 1480. The molecular weight excluding hydrogens is 460 g/mol. The highest BCUT2D eigenvalue weighted by Gasteiger charge is 2.44. The van der Waals surface area contributed by atoms with Gasteiger partial charge in [0.25, 0.3) is 0 Å². The Balaban J connectivity index is 1.55. The van der Waals surface area contributed by atoms with E-state index in [1.54, 1.807) is 36.4 Å². The van der Waals surface area contributed by atoms with Crippen molar-refractivity contribution in [1.29, 1.82) is 0 Å². The maximum Gasteiger partial charge on any atom is 0.346 e. The predicted molar refractivity (Wildman–Crippen MR) is 144 cm³/mol. The van der Waals surface area contributed by atoms with E-state index in [0.29, 0.717) is 28.0 Å². The Kier molecular flexibility index (Phi) is 5.43. The standard InChI is InChI=1S/C32H22O3Si/c33-31-27-18-10-11-19-28(27)32(34)30-22-23(20-21-29(30)31)35-36(24-12-4-1-5-13-24,25-14-6-2-7-15-25)26-16-8-3-9-17-26/h1-22H. The van der Waals surface area contributed by atoms with Crippen molar-refractivity contribution in [2.45, 2.75) is 0 Å². The van der Waals surface area contributed by atoms with Crippen LogP contribution in [0.2, 0.25) is 0 Å². The van der Waals surface area contributed by atoms with E-state index in [1.807, 2.05) is 60.7 Å². The van der Waals surface area contributed by atoms with Gasteiger partial charge < -0.3 is 4.43 Å². The molecule has 0 atom stereocenters. The first kappa shape index (κ1) is 22.0. The molecule has 0 radical (unpaired) electrons. The zero-order chi connectivity index (χ0) is 24.5. The number of hydrogen-bond donors (Lipinski definition) is 0. The number of rotatable bonds is 5. The summed E-state index contributed by atoms with van der Waals surface area (Å²) in [6, 6.07) is 43.1. The van der Waals surface area contributed by atoms with Crippen molar-refractivity contribution in [1.82, 2.24) is 0 Å². The van der Waals surface area contributed by atoms with Crippen LogP contribution in [0.5, 0.6) is 5.75 Å². The number of fused-ring (bicyclic) bond motifs is 2. The fraction of sp³-hybridized carbons (Fsp3) is 0. The normalized spacial score (nSPS) is 12.6. The summed E-state index contributed by atoms with van der Waals surface area (Å²) in [5, 5.41) is 3.27. The maximum atomic E-state index is 13.4. The van der Waals surface area contributed by atoms with Crippen LogP contribution in [0.25, 0.3) is 0 Å². The number of ketones is 2. The van der Waals surface area contributed by atoms with Crippen molar-refractivity contribution in [3.05, 3.63) is 156 Å². The average molecular weight is 483 g/mol. The van der Waals surface area contributed by atoms with E-state index in [4.69, 9.17) is 4.43 Å². The van der Waals surface area contributed by atoms with Crippen LogP contribution in [0.4, 0.5) is 0 Å². The molecular formula is C32H22O3Si. The summed E-state index contributed by atoms with van der Waals surface area (Å²) in [6.45, 7) is 0. The second-order valence-corrected chi connectivity index (χ2v) is 12.1. The number of carbonyl (C=O) groups excluding carboxylic acids is 2. The smallest absolute Gasteiger partial charge is 0.346 e. The van der Waals surface area contributed by atoms with Crippen molar-refractivity contribution in [2.75, 3.05) is 0 Å². The SMILES string of the molecule is O=C1c2ccccc2C(=O)c2cc(O[Si](c3ccccc3)(c3ccccc3)c3ccccc3)ccc21. The number of benzene rings is 5. The van der Waals surface area contributed by atoms with Crippen molar-refractivity contribution in [2.24, 2.45) is 0 Å². The molecule has 36 heavy (non-hydrogen) atoms. The molecule has 1 aliphatic rings. The van der Waals surface area contributed by atoms with Gasteiger partial charge in [-0.1, -0.05) is 115 Å². The van der Waals surface area contributed by atoms with E-state index in [1.165, 1.54) is 0 Å². The van der Waals surface area contributed by atoms with Gasteiger partial charge in [-0.15, -0.1) is 0 Å². The molecule has 0 fully saturated rings. The minimum Gasteiger partial charge on any atom is -0.530 e. The lowest BCUT2D eigenvalue weighted by atomic mass is 9.84. The summed E-state index contributed by atoms with van der Waals surface area (Å²) in [5.41, 5.74) is 1.68.